The van der Waals surface area contributed by atoms with Gasteiger partial charge in [0.05, 0.1) is 34.8 Å². The number of hydrogen-bond donors (Lipinski definition) is 0. The van der Waals surface area contributed by atoms with Gasteiger partial charge in [0.1, 0.15) is 11.8 Å². The van der Waals surface area contributed by atoms with E-state index in [0.717, 1.165) is 16.8 Å². The van der Waals surface area contributed by atoms with Crippen LogP contribution in [-0.2, 0) is 0 Å². The van der Waals surface area contributed by atoms with E-state index in [4.69, 9.17) is 27.9 Å². The average molecular weight is 579 g/mol. The zero-order chi connectivity index (χ0) is 28.9. The topological polar surface area (TPSA) is 51.5 Å². The maximum atomic E-state index is 15.5. The van der Waals surface area contributed by atoms with Crippen LogP contribution in [0.4, 0.5) is 10.1 Å². The number of nitrogens with zero attached hydrogens (tertiary/aromatic N) is 2. The molecule has 8 heteroatoms. The molecular formula is C32H29Cl2FN2O3. The molecule has 5 rings (SSSR count). The first-order valence-corrected chi connectivity index (χ1v) is 13.8. The molecule has 1 aliphatic rings. The van der Waals surface area contributed by atoms with Crippen molar-refractivity contribution in [3.05, 3.63) is 104 Å². The number of aryl methyl sites for hydroxylation is 1. The number of Topliss-reactive ketones (excluding diaryl/α,β-unsaturated/α-hetero) is 1. The first-order chi connectivity index (χ1) is 19.1. The molecule has 0 saturated carbocycles. The summed E-state index contributed by atoms with van der Waals surface area (Å²) in [6.07, 6.45) is 0.365. The predicted molar refractivity (Wildman–Crippen MR) is 158 cm³/mol. The van der Waals surface area contributed by atoms with E-state index in [0.29, 0.717) is 39.6 Å². The lowest BCUT2D eigenvalue weighted by molar-refractivity contribution is 0.0982. The van der Waals surface area contributed by atoms with Crippen molar-refractivity contribution in [2.45, 2.75) is 46.2 Å². The van der Waals surface area contributed by atoms with Gasteiger partial charge >= 0.3 is 0 Å². The van der Waals surface area contributed by atoms with Crippen LogP contribution in [0.1, 0.15) is 76.8 Å². The van der Waals surface area contributed by atoms with Gasteiger partial charge in [0.2, 0.25) is 0 Å². The van der Waals surface area contributed by atoms with Crippen LogP contribution in [0.2, 0.25) is 10.0 Å². The van der Waals surface area contributed by atoms with Crippen LogP contribution in [0.15, 0.2) is 60.7 Å². The highest BCUT2D eigenvalue weighted by Gasteiger charge is 2.45. The smallest absolute Gasteiger partial charge is 0.261 e. The Labute approximate surface area is 243 Å². The summed E-state index contributed by atoms with van der Waals surface area (Å²) in [6, 6.07) is 16.5. The predicted octanol–water partition coefficient (Wildman–Crippen LogP) is 8.84. The van der Waals surface area contributed by atoms with Crippen molar-refractivity contribution in [1.82, 2.24) is 4.57 Å². The Morgan fingerprint density at radius 2 is 1.80 bits per heavy atom. The Hall–Kier alpha value is -3.61. The highest BCUT2D eigenvalue weighted by Crippen LogP contribution is 2.49. The van der Waals surface area contributed by atoms with Crippen molar-refractivity contribution < 1.29 is 18.7 Å². The second kappa shape index (κ2) is 10.8. The Morgan fingerprint density at radius 1 is 1.05 bits per heavy atom. The molecule has 0 N–H and O–H groups in total. The summed E-state index contributed by atoms with van der Waals surface area (Å²) in [6.45, 7) is 7.79. The summed E-state index contributed by atoms with van der Waals surface area (Å²) in [7, 11) is 1.57. The van der Waals surface area contributed by atoms with E-state index in [1.165, 1.54) is 11.0 Å². The number of methoxy groups -OCH3 is 1. The van der Waals surface area contributed by atoms with E-state index in [1.54, 1.807) is 37.4 Å². The molecule has 0 saturated heterocycles. The fraction of sp³-hybridized carbons (Fsp3) is 0.250. The number of rotatable bonds is 7. The first kappa shape index (κ1) is 27.9. The van der Waals surface area contributed by atoms with E-state index >= 15 is 4.39 Å². The highest BCUT2D eigenvalue weighted by molar-refractivity contribution is 6.31. The highest BCUT2D eigenvalue weighted by atomic mass is 35.5. The molecule has 0 radical (unpaired) electrons. The fourth-order valence-corrected chi connectivity index (χ4v) is 5.96. The van der Waals surface area contributed by atoms with Gasteiger partial charge in [0, 0.05) is 28.6 Å². The molecule has 1 atom stereocenters. The molecule has 4 aromatic rings. The van der Waals surface area contributed by atoms with Crippen molar-refractivity contribution in [1.29, 1.82) is 0 Å². The van der Waals surface area contributed by atoms with Crippen molar-refractivity contribution in [2.24, 2.45) is 0 Å². The maximum Gasteiger partial charge on any atom is 0.261 e. The van der Waals surface area contributed by atoms with Gasteiger partial charge in [-0.25, -0.2) is 4.39 Å². The van der Waals surface area contributed by atoms with Gasteiger partial charge in [0.15, 0.2) is 11.6 Å². The number of amides is 1. The molecule has 2 heterocycles. The number of hydrogen-bond acceptors (Lipinski definition) is 3. The molecule has 1 aliphatic heterocycles. The first-order valence-electron chi connectivity index (χ1n) is 13.1. The summed E-state index contributed by atoms with van der Waals surface area (Å²) in [4.78, 5) is 28.3. The number of ketones is 1. The molecule has 0 unspecified atom stereocenters. The third-order valence-corrected chi connectivity index (χ3v) is 7.92. The molecule has 3 aromatic carbocycles. The lowest BCUT2D eigenvalue weighted by Crippen LogP contribution is -2.31. The van der Waals surface area contributed by atoms with Crippen molar-refractivity contribution in [3.63, 3.8) is 0 Å². The average Bonchev–Trinajstić information content (AvgIpc) is 3.45. The van der Waals surface area contributed by atoms with Crippen LogP contribution in [-0.4, -0.2) is 23.4 Å². The Morgan fingerprint density at radius 3 is 2.45 bits per heavy atom. The van der Waals surface area contributed by atoms with Crippen LogP contribution in [0.5, 0.6) is 5.75 Å². The largest absolute Gasteiger partial charge is 0.496 e. The summed E-state index contributed by atoms with van der Waals surface area (Å²) in [5.41, 5.74) is 4.92. The number of anilines is 1. The Kier molecular flexibility index (Phi) is 7.51. The molecule has 0 bridgehead atoms. The van der Waals surface area contributed by atoms with Crippen molar-refractivity contribution in [3.8, 4) is 17.0 Å². The minimum absolute atomic E-state index is 0.00689. The molecule has 1 aromatic heterocycles. The molecule has 40 heavy (non-hydrogen) atoms. The zero-order valence-electron chi connectivity index (χ0n) is 22.9. The molecule has 1 amide bonds. The van der Waals surface area contributed by atoms with Crippen LogP contribution in [0.25, 0.3) is 11.3 Å². The molecule has 0 fully saturated rings. The summed E-state index contributed by atoms with van der Waals surface area (Å²) < 4.78 is 23.2. The number of carbonyl (C=O) groups excluding carboxylic acids is 2. The van der Waals surface area contributed by atoms with Crippen LogP contribution < -0.4 is 9.64 Å². The second-order valence-electron chi connectivity index (χ2n) is 10.1. The molecule has 0 spiro atoms. The minimum atomic E-state index is -0.664. The third-order valence-electron chi connectivity index (χ3n) is 7.39. The fourth-order valence-electron chi connectivity index (χ4n) is 5.57. The lowest BCUT2D eigenvalue weighted by atomic mass is 9.97. The van der Waals surface area contributed by atoms with Gasteiger partial charge in [0.25, 0.3) is 5.91 Å². The number of halogens is 3. The Balaban J connectivity index is 1.83. The number of carbonyl (C=O) groups is 2. The van der Waals surface area contributed by atoms with Gasteiger partial charge in [-0.1, -0.05) is 42.3 Å². The summed E-state index contributed by atoms with van der Waals surface area (Å²) in [5.74, 6) is -0.429. The van der Waals surface area contributed by atoms with Crippen LogP contribution in [0, 0.1) is 12.7 Å². The van der Waals surface area contributed by atoms with E-state index in [2.05, 4.69) is 4.57 Å². The van der Waals surface area contributed by atoms with Gasteiger partial charge in [-0.15, -0.1) is 0 Å². The van der Waals surface area contributed by atoms with Gasteiger partial charge in [-0.3, -0.25) is 14.5 Å². The second-order valence-corrected chi connectivity index (χ2v) is 11.0. The zero-order valence-corrected chi connectivity index (χ0v) is 24.4. The van der Waals surface area contributed by atoms with Gasteiger partial charge < -0.3 is 9.30 Å². The standard InChI is InChI=1S/C32H29Cl2FN2O3/c1-6-27(38)19-10-13-28(40-5)22(15-19)26-16-23-31(36(26)17(2)3)30(21-12-11-20(33)14-18(21)4)37(32(23)39)25-9-7-8-24(34)29(25)35/h7-17,30H,6H2,1-5H3/t30-/m1/s1. The SMILES string of the molecule is CCC(=O)c1ccc(OC)c(-c2cc3c(n2C(C)C)[C@@H](c2ccc(Cl)cc2C)N(c2cccc(Cl)c2F)C3=O)c1. The van der Waals surface area contributed by atoms with Gasteiger partial charge in [-0.05, 0) is 80.4 Å². The number of ether oxygens (including phenoxy) is 1. The third kappa shape index (κ3) is 4.49. The molecule has 206 valence electrons. The normalized spacial score (nSPS) is 14.7. The maximum absolute atomic E-state index is 15.5. The monoisotopic (exact) mass is 578 g/mol. The van der Waals surface area contributed by atoms with E-state index in [-0.39, 0.29) is 28.4 Å². The van der Waals surface area contributed by atoms with E-state index < -0.39 is 11.9 Å². The molecular weight excluding hydrogens is 550 g/mol. The van der Waals surface area contributed by atoms with Crippen molar-refractivity contribution in [2.75, 3.05) is 12.0 Å². The van der Waals surface area contributed by atoms with Gasteiger partial charge in [-0.2, -0.15) is 0 Å². The number of fused-ring (bicyclic) bond motifs is 1. The Bertz CT molecular complexity index is 1660. The summed E-state index contributed by atoms with van der Waals surface area (Å²) in [5, 5.41) is 0.497. The number of benzene rings is 3. The minimum Gasteiger partial charge on any atom is -0.496 e. The molecule has 0 aliphatic carbocycles. The van der Waals surface area contributed by atoms with Crippen LogP contribution in [0.3, 0.4) is 0 Å². The number of aromatic nitrogens is 1. The van der Waals surface area contributed by atoms with E-state index in [1.807, 2.05) is 52.0 Å². The lowest BCUT2D eigenvalue weighted by Gasteiger charge is -2.30. The molecule has 5 nitrogen and oxygen atoms in total. The summed E-state index contributed by atoms with van der Waals surface area (Å²) >= 11 is 12.5. The van der Waals surface area contributed by atoms with Crippen LogP contribution >= 0.6 is 23.2 Å². The van der Waals surface area contributed by atoms with E-state index in [9.17, 15) is 9.59 Å². The van der Waals surface area contributed by atoms with Crippen molar-refractivity contribution >= 4 is 40.6 Å². The quantitative estimate of drug-likeness (QED) is 0.206.